The summed E-state index contributed by atoms with van der Waals surface area (Å²) in [5, 5.41) is 8.18. The molecule has 8 heteroatoms. The smallest absolute Gasteiger partial charge is 0.250 e. The van der Waals surface area contributed by atoms with Gasteiger partial charge in [0.25, 0.3) is 5.89 Å². The lowest BCUT2D eigenvalue weighted by molar-refractivity contribution is 0.506. The van der Waals surface area contributed by atoms with Crippen LogP contribution in [0.2, 0.25) is 0 Å². The minimum atomic E-state index is -3.76. The molecule has 1 fully saturated rings. The van der Waals surface area contributed by atoms with E-state index in [2.05, 4.69) is 19.9 Å². The molecule has 4 rings (SSSR count). The summed E-state index contributed by atoms with van der Waals surface area (Å²) in [5.41, 5.74) is 3.70. The van der Waals surface area contributed by atoms with Gasteiger partial charge >= 0.3 is 0 Å². The molecule has 2 aromatic heterocycles. The van der Waals surface area contributed by atoms with Crippen LogP contribution in [-0.4, -0.2) is 23.6 Å². The molecule has 0 bridgehead atoms. The summed E-state index contributed by atoms with van der Waals surface area (Å²) >= 11 is 0. The molecule has 0 saturated heterocycles. The van der Waals surface area contributed by atoms with E-state index in [0.717, 1.165) is 24.0 Å². The first kappa shape index (κ1) is 17.9. The predicted octanol–water partition coefficient (Wildman–Crippen LogP) is 3.35. The molecule has 0 atom stereocenters. The van der Waals surface area contributed by atoms with Crippen LogP contribution in [0.1, 0.15) is 47.2 Å². The fraction of sp³-hybridized carbons (Fsp3) is 0.368. The molecule has 1 saturated carbocycles. The van der Waals surface area contributed by atoms with Crippen molar-refractivity contribution < 1.29 is 12.8 Å². The normalized spacial score (nSPS) is 14.6. The Bertz CT molecular complexity index is 1080. The van der Waals surface area contributed by atoms with Gasteiger partial charge in [-0.3, -0.25) is 0 Å². The molecule has 142 valence electrons. The largest absolute Gasteiger partial charge is 0.420 e. The third-order valence-corrected chi connectivity index (χ3v) is 6.33. The van der Waals surface area contributed by atoms with E-state index in [-0.39, 0.29) is 17.3 Å². The molecule has 0 amide bonds. The van der Waals surface area contributed by atoms with Gasteiger partial charge < -0.3 is 9.40 Å². The average Bonchev–Trinajstić information content (AvgIpc) is 3.27. The summed E-state index contributed by atoms with van der Waals surface area (Å²) in [6.07, 6.45) is 2.08. The van der Waals surface area contributed by atoms with Gasteiger partial charge in [0.05, 0.1) is 5.56 Å². The number of aromatic nitrogens is 3. The third kappa shape index (κ3) is 3.54. The summed E-state index contributed by atoms with van der Waals surface area (Å²) in [5.74, 6) is 1.14. The molecule has 7 nitrogen and oxygen atoms in total. The molecular formula is C19H22N4O3S. The van der Waals surface area contributed by atoms with Crippen LogP contribution in [0, 0.1) is 20.8 Å². The lowest BCUT2D eigenvalue weighted by Gasteiger charge is -2.08. The number of aromatic amines is 1. The Hall–Kier alpha value is -2.45. The molecule has 27 heavy (non-hydrogen) atoms. The van der Waals surface area contributed by atoms with Crippen LogP contribution >= 0.6 is 0 Å². The summed E-state index contributed by atoms with van der Waals surface area (Å²) in [7, 11) is -3.76. The first-order valence-electron chi connectivity index (χ1n) is 8.93. The van der Waals surface area contributed by atoms with Crippen molar-refractivity contribution in [3.63, 3.8) is 0 Å². The highest BCUT2D eigenvalue weighted by atomic mass is 32.2. The Kier molecular flexibility index (Phi) is 4.39. The number of hydrogen-bond donors (Lipinski definition) is 2. The highest BCUT2D eigenvalue weighted by Gasteiger charge is 2.32. The van der Waals surface area contributed by atoms with Gasteiger partial charge in [-0.25, -0.2) is 13.1 Å². The van der Waals surface area contributed by atoms with Crippen LogP contribution in [-0.2, 0) is 16.6 Å². The monoisotopic (exact) mass is 386 g/mol. The Morgan fingerprint density at radius 3 is 2.48 bits per heavy atom. The Labute approximate surface area is 158 Å². The van der Waals surface area contributed by atoms with Crippen LogP contribution < -0.4 is 4.72 Å². The fourth-order valence-corrected chi connectivity index (χ4v) is 4.60. The Morgan fingerprint density at radius 2 is 1.81 bits per heavy atom. The van der Waals surface area contributed by atoms with Gasteiger partial charge in [0.15, 0.2) is 0 Å². The molecule has 0 aliphatic heterocycles. The van der Waals surface area contributed by atoms with E-state index in [0.29, 0.717) is 28.8 Å². The van der Waals surface area contributed by atoms with Crippen molar-refractivity contribution in [1.82, 2.24) is 19.9 Å². The summed E-state index contributed by atoms with van der Waals surface area (Å²) in [4.78, 5) is 3.26. The topological polar surface area (TPSA) is 101 Å². The fourth-order valence-electron chi connectivity index (χ4n) is 3.14. The van der Waals surface area contributed by atoms with E-state index < -0.39 is 10.0 Å². The van der Waals surface area contributed by atoms with E-state index in [9.17, 15) is 8.42 Å². The highest BCUT2D eigenvalue weighted by Crippen LogP contribution is 2.41. The number of rotatable bonds is 6. The van der Waals surface area contributed by atoms with Crippen LogP contribution in [0.4, 0.5) is 0 Å². The van der Waals surface area contributed by atoms with Gasteiger partial charge in [0.2, 0.25) is 15.9 Å². The lowest BCUT2D eigenvalue weighted by Crippen LogP contribution is -2.24. The summed E-state index contributed by atoms with van der Waals surface area (Å²) in [6.45, 7) is 5.74. The SMILES string of the molecule is Cc1ccc(CNS(=O)(=O)c2c(C)[nH]c(C)c2-c2nnc(C3CC3)o2)cc1. The molecule has 3 aromatic rings. The molecule has 1 aliphatic rings. The second kappa shape index (κ2) is 6.61. The van der Waals surface area contributed by atoms with Gasteiger partial charge in [-0.1, -0.05) is 29.8 Å². The molecule has 0 radical (unpaired) electrons. The van der Waals surface area contributed by atoms with E-state index in [4.69, 9.17) is 4.42 Å². The molecule has 0 spiro atoms. The van der Waals surface area contributed by atoms with Crippen LogP contribution in [0.15, 0.2) is 33.6 Å². The van der Waals surface area contributed by atoms with Gasteiger partial charge in [0.1, 0.15) is 4.90 Å². The van der Waals surface area contributed by atoms with Crippen molar-refractivity contribution in [2.24, 2.45) is 0 Å². The van der Waals surface area contributed by atoms with Crippen molar-refractivity contribution in [3.8, 4) is 11.5 Å². The van der Waals surface area contributed by atoms with Crippen LogP contribution in [0.3, 0.4) is 0 Å². The number of benzene rings is 1. The lowest BCUT2D eigenvalue weighted by atomic mass is 10.2. The highest BCUT2D eigenvalue weighted by molar-refractivity contribution is 7.89. The number of H-pyrrole nitrogens is 1. The second-order valence-corrected chi connectivity index (χ2v) is 8.81. The Morgan fingerprint density at radius 1 is 1.11 bits per heavy atom. The number of hydrogen-bond acceptors (Lipinski definition) is 5. The van der Waals surface area contributed by atoms with Gasteiger partial charge in [-0.05, 0) is 39.2 Å². The standard InChI is InChI=1S/C19H22N4O3S/c1-11-4-6-14(7-5-11)10-20-27(24,25)17-13(3)21-12(2)16(17)19-23-22-18(26-19)15-8-9-15/h4-7,15,20-21H,8-10H2,1-3H3. The summed E-state index contributed by atoms with van der Waals surface area (Å²) < 4.78 is 34.5. The van der Waals surface area contributed by atoms with E-state index in [1.165, 1.54) is 0 Å². The first-order chi connectivity index (χ1) is 12.8. The maximum absolute atomic E-state index is 13.0. The Balaban J connectivity index is 1.66. The molecule has 2 N–H and O–H groups in total. The van der Waals surface area contributed by atoms with E-state index in [1.807, 2.05) is 38.1 Å². The molecular weight excluding hydrogens is 364 g/mol. The maximum atomic E-state index is 13.0. The zero-order valence-electron chi connectivity index (χ0n) is 15.5. The molecule has 0 unspecified atom stereocenters. The van der Waals surface area contributed by atoms with E-state index in [1.54, 1.807) is 6.92 Å². The predicted molar refractivity (Wildman–Crippen MR) is 101 cm³/mol. The number of aryl methyl sites for hydroxylation is 3. The van der Waals surface area contributed by atoms with Gasteiger partial charge in [-0.2, -0.15) is 0 Å². The average molecular weight is 386 g/mol. The number of nitrogens with one attached hydrogen (secondary N) is 2. The second-order valence-electron chi connectivity index (χ2n) is 7.11. The van der Waals surface area contributed by atoms with Crippen molar-refractivity contribution in [2.75, 3.05) is 0 Å². The number of sulfonamides is 1. The minimum absolute atomic E-state index is 0.165. The van der Waals surface area contributed by atoms with Crippen LogP contribution in [0.25, 0.3) is 11.5 Å². The summed E-state index contributed by atoms with van der Waals surface area (Å²) in [6, 6.07) is 7.74. The molecule has 1 aliphatic carbocycles. The molecule has 1 aromatic carbocycles. The van der Waals surface area contributed by atoms with Crippen molar-refractivity contribution >= 4 is 10.0 Å². The zero-order chi connectivity index (χ0) is 19.2. The first-order valence-corrected chi connectivity index (χ1v) is 10.4. The quantitative estimate of drug-likeness (QED) is 0.677. The maximum Gasteiger partial charge on any atom is 0.250 e. The molecule has 2 heterocycles. The van der Waals surface area contributed by atoms with Gasteiger partial charge in [-0.15, -0.1) is 10.2 Å². The van der Waals surface area contributed by atoms with Crippen molar-refractivity contribution in [1.29, 1.82) is 0 Å². The van der Waals surface area contributed by atoms with Crippen LogP contribution in [0.5, 0.6) is 0 Å². The zero-order valence-corrected chi connectivity index (χ0v) is 16.4. The minimum Gasteiger partial charge on any atom is -0.420 e. The van der Waals surface area contributed by atoms with Crippen molar-refractivity contribution in [2.45, 2.75) is 51.0 Å². The van der Waals surface area contributed by atoms with Crippen molar-refractivity contribution in [3.05, 3.63) is 52.7 Å². The third-order valence-electron chi connectivity index (χ3n) is 4.75. The van der Waals surface area contributed by atoms with E-state index >= 15 is 0 Å². The number of nitrogens with zero attached hydrogens (tertiary/aromatic N) is 2. The van der Waals surface area contributed by atoms with Gasteiger partial charge in [0, 0.05) is 23.9 Å².